The van der Waals surface area contributed by atoms with E-state index in [0.717, 1.165) is 5.56 Å². The molecule has 0 atom stereocenters. The summed E-state index contributed by atoms with van der Waals surface area (Å²) >= 11 is 0. The van der Waals surface area contributed by atoms with E-state index in [4.69, 9.17) is 10.4 Å². The summed E-state index contributed by atoms with van der Waals surface area (Å²) in [6.07, 6.45) is -0.519. The fraction of sp³-hybridized carbons (Fsp3) is 0.250. The van der Waals surface area contributed by atoms with E-state index < -0.39 is 18.3 Å². The molecule has 0 aliphatic heterocycles. The van der Waals surface area contributed by atoms with Crippen molar-refractivity contribution in [2.24, 2.45) is 0 Å². The fourth-order valence-electron chi connectivity index (χ4n) is 1.37. The molecule has 0 spiro atoms. The van der Waals surface area contributed by atoms with Crippen LogP contribution in [0.2, 0.25) is 0 Å². The van der Waals surface area contributed by atoms with Gasteiger partial charge in [0.2, 0.25) is 5.91 Å². The second kappa shape index (κ2) is 5.66. The van der Waals surface area contributed by atoms with Gasteiger partial charge in [0.15, 0.2) is 0 Å². The lowest BCUT2D eigenvalue weighted by Gasteiger charge is -2.16. The lowest BCUT2D eigenvalue weighted by Crippen LogP contribution is -2.28. The van der Waals surface area contributed by atoms with E-state index in [-0.39, 0.29) is 0 Å². The van der Waals surface area contributed by atoms with Crippen LogP contribution in [-0.4, -0.2) is 28.9 Å². The Hall–Kier alpha value is -2.35. The summed E-state index contributed by atoms with van der Waals surface area (Å²) < 4.78 is 0. The molecule has 88 valence electrons. The van der Waals surface area contributed by atoms with Gasteiger partial charge in [-0.2, -0.15) is 5.26 Å². The smallest absolute Gasteiger partial charge is 0.312 e. The predicted molar refractivity (Wildman–Crippen MR) is 59.9 cm³/mol. The van der Waals surface area contributed by atoms with E-state index in [1.165, 1.54) is 11.9 Å². The molecule has 0 aliphatic rings. The van der Waals surface area contributed by atoms with Crippen LogP contribution in [0.4, 0.5) is 0 Å². The van der Waals surface area contributed by atoms with Crippen molar-refractivity contribution in [1.82, 2.24) is 4.90 Å². The number of benzene rings is 1. The maximum Gasteiger partial charge on any atom is 0.312 e. The number of hydrogen-bond donors (Lipinski definition) is 1. The molecular weight excluding hydrogens is 220 g/mol. The summed E-state index contributed by atoms with van der Waals surface area (Å²) in [5.74, 6) is -1.60. The van der Waals surface area contributed by atoms with Gasteiger partial charge in [-0.3, -0.25) is 9.59 Å². The molecule has 0 saturated heterocycles. The van der Waals surface area contributed by atoms with Crippen molar-refractivity contribution in [2.75, 3.05) is 7.05 Å². The minimum absolute atomic E-state index is 0.293. The van der Waals surface area contributed by atoms with Crippen LogP contribution in [0.3, 0.4) is 0 Å². The fourth-order valence-corrected chi connectivity index (χ4v) is 1.37. The zero-order valence-corrected chi connectivity index (χ0v) is 9.38. The number of carbonyl (C=O) groups excluding carboxylic acids is 1. The van der Waals surface area contributed by atoms with Crippen LogP contribution in [0, 0.1) is 11.3 Å². The van der Waals surface area contributed by atoms with Crippen LogP contribution in [-0.2, 0) is 16.1 Å². The Kier molecular flexibility index (Phi) is 4.23. The molecule has 1 aromatic carbocycles. The van der Waals surface area contributed by atoms with Crippen molar-refractivity contribution >= 4 is 11.9 Å². The number of carboxylic acid groups (broad SMARTS) is 1. The highest BCUT2D eigenvalue weighted by Crippen LogP contribution is 2.07. The normalized spacial score (nSPS) is 9.41. The molecule has 1 amide bonds. The van der Waals surface area contributed by atoms with Crippen LogP contribution in [0.25, 0.3) is 0 Å². The molecule has 0 fully saturated rings. The second-order valence-corrected chi connectivity index (χ2v) is 3.63. The molecule has 1 N–H and O–H groups in total. The summed E-state index contributed by atoms with van der Waals surface area (Å²) in [5, 5.41) is 17.2. The number of hydrogen-bond acceptors (Lipinski definition) is 3. The first-order chi connectivity index (χ1) is 8.02. The zero-order chi connectivity index (χ0) is 12.8. The number of nitriles is 1. The van der Waals surface area contributed by atoms with Gasteiger partial charge in [-0.05, 0) is 17.7 Å². The average molecular weight is 232 g/mol. The van der Waals surface area contributed by atoms with Crippen LogP contribution in [0.1, 0.15) is 17.5 Å². The minimum Gasteiger partial charge on any atom is -0.481 e. The molecule has 1 aromatic rings. The number of aliphatic carboxylic acids is 1. The SMILES string of the molecule is CN(Cc1cccc(C#N)c1)C(=O)CC(=O)O. The molecule has 5 heteroatoms. The van der Waals surface area contributed by atoms with Crippen LogP contribution in [0.5, 0.6) is 0 Å². The first-order valence-corrected chi connectivity index (χ1v) is 4.97. The van der Waals surface area contributed by atoms with E-state index in [1.54, 1.807) is 24.3 Å². The van der Waals surface area contributed by atoms with Gasteiger partial charge in [-0.1, -0.05) is 12.1 Å². The molecule has 1 rings (SSSR count). The van der Waals surface area contributed by atoms with E-state index >= 15 is 0 Å². The third kappa shape index (κ3) is 3.95. The zero-order valence-electron chi connectivity index (χ0n) is 9.38. The van der Waals surface area contributed by atoms with Gasteiger partial charge < -0.3 is 10.0 Å². The molecule has 0 aliphatic carbocycles. The van der Waals surface area contributed by atoms with Gasteiger partial charge in [0.05, 0.1) is 11.6 Å². The molecule has 5 nitrogen and oxygen atoms in total. The molecule has 0 bridgehead atoms. The van der Waals surface area contributed by atoms with Gasteiger partial charge in [-0.15, -0.1) is 0 Å². The number of carbonyl (C=O) groups is 2. The van der Waals surface area contributed by atoms with E-state index in [1.807, 2.05) is 6.07 Å². The van der Waals surface area contributed by atoms with Gasteiger partial charge in [0.1, 0.15) is 6.42 Å². The number of nitrogens with zero attached hydrogens (tertiary/aromatic N) is 2. The molecule has 0 saturated carbocycles. The Labute approximate surface area is 98.9 Å². The molecular formula is C12H12N2O3. The highest BCUT2D eigenvalue weighted by molar-refractivity contribution is 5.93. The maximum atomic E-state index is 11.4. The Morgan fingerprint density at radius 2 is 2.18 bits per heavy atom. The third-order valence-corrected chi connectivity index (χ3v) is 2.20. The van der Waals surface area contributed by atoms with E-state index in [9.17, 15) is 9.59 Å². The number of rotatable bonds is 4. The van der Waals surface area contributed by atoms with Crippen molar-refractivity contribution in [1.29, 1.82) is 5.26 Å². The minimum atomic E-state index is -1.15. The molecule has 0 unspecified atom stereocenters. The van der Waals surface area contributed by atoms with Gasteiger partial charge in [0, 0.05) is 13.6 Å². The van der Waals surface area contributed by atoms with Crippen LogP contribution < -0.4 is 0 Å². The summed E-state index contributed by atoms with van der Waals surface area (Å²) in [6.45, 7) is 0.293. The molecule has 0 heterocycles. The highest BCUT2D eigenvalue weighted by atomic mass is 16.4. The predicted octanol–water partition coefficient (Wildman–Crippen LogP) is 0.991. The lowest BCUT2D eigenvalue weighted by atomic mass is 10.1. The Morgan fingerprint density at radius 3 is 2.76 bits per heavy atom. The number of carboxylic acids is 1. The Morgan fingerprint density at radius 1 is 1.47 bits per heavy atom. The van der Waals surface area contributed by atoms with Gasteiger partial charge in [0.25, 0.3) is 0 Å². The first-order valence-electron chi connectivity index (χ1n) is 4.97. The highest BCUT2D eigenvalue weighted by Gasteiger charge is 2.13. The van der Waals surface area contributed by atoms with E-state index in [0.29, 0.717) is 12.1 Å². The standard InChI is InChI=1S/C12H12N2O3/c1-14(11(15)6-12(16)17)8-10-4-2-3-9(5-10)7-13/h2-5H,6,8H2,1H3,(H,16,17). The summed E-state index contributed by atoms with van der Waals surface area (Å²) in [7, 11) is 1.53. The topological polar surface area (TPSA) is 81.4 Å². The monoisotopic (exact) mass is 232 g/mol. The molecule has 17 heavy (non-hydrogen) atoms. The van der Waals surface area contributed by atoms with Gasteiger partial charge in [-0.25, -0.2) is 0 Å². The Bertz CT molecular complexity index is 477. The maximum absolute atomic E-state index is 11.4. The van der Waals surface area contributed by atoms with Crippen LogP contribution in [0.15, 0.2) is 24.3 Å². The van der Waals surface area contributed by atoms with Crippen molar-refractivity contribution in [3.8, 4) is 6.07 Å². The van der Waals surface area contributed by atoms with Crippen molar-refractivity contribution in [3.05, 3.63) is 35.4 Å². The summed E-state index contributed by atoms with van der Waals surface area (Å²) in [4.78, 5) is 23.1. The second-order valence-electron chi connectivity index (χ2n) is 3.63. The summed E-state index contributed by atoms with van der Waals surface area (Å²) in [5.41, 5.74) is 1.31. The van der Waals surface area contributed by atoms with Crippen molar-refractivity contribution in [3.63, 3.8) is 0 Å². The number of amides is 1. The first kappa shape index (κ1) is 12.7. The molecule has 0 aromatic heterocycles. The van der Waals surface area contributed by atoms with Crippen molar-refractivity contribution < 1.29 is 14.7 Å². The Balaban J connectivity index is 2.67. The third-order valence-electron chi connectivity index (χ3n) is 2.20. The average Bonchev–Trinajstić information content (AvgIpc) is 2.28. The van der Waals surface area contributed by atoms with Crippen molar-refractivity contribution in [2.45, 2.75) is 13.0 Å². The largest absolute Gasteiger partial charge is 0.481 e. The van der Waals surface area contributed by atoms with Gasteiger partial charge >= 0.3 is 5.97 Å². The molecule has 0 radical (unpaired) electrons. The lowest BCUT2D eigenvalue weighted by molar-refractivity contribution is -0.143. The van der Waals surface area contributed by atoms with E-state index in [2.05, 4.69) is 0 Å². The summed E-state index contributed by atoms with van der Waals surface area (Å²) in [6, 6.07) is 8.85. The van der Waals surface area contributed by atoms with Crippen LogP contribution >= 0.6 is 0 Å². The quantitative estimate of drug-likeness (QED) is 0.785.